The Labute approximate surface area is 161 Å². The zero-order valence-electron chi connectivity index (χ0n) is 15.4. The first-order valence-corrected chi connectivity index (χ1v) is 9.26. The molecular weight excluding hydrogens is 354 g/mol. The van der Waals surface area contributed by atoms with Gasteiger partial charge < -0.3 is 9.64 Å². The van der Waals surface area contributed by atoms with Gasteiger partial charge in [-0.1, -0.05) is 30.3 Å². The number of fused-ring (bicyclic) bond motifs is 2. The predicted octanol–water partition coefficient (Wildman–Crippen LogP) is 2.80. The number of hydrogen-bond acceptors (Lipinski definition) is 5. The minimum Gasteiger partial charge on any atom is -0.368 e. The van der Waals surface area contributed by atoms with Gasteiger partial charge in [-0.15, -0.1) is 0 Å². The SMILES string of the molecule is Cc1cc([C@@H]2CN(C(=O)c3ccc4ccccc4c3)CCO2)n2ncnc2n1. The highest BCUT2D eigenvalue weighted by Crippen LogP contribution is 2.25. The predicted molar refractivity (Wildman–Crippen MR) is 104 cm³/mol. The molecule has 0 aliphatic carbocycles. The second-order valence-corrected chi connectivity index (χ2v) is 6.97. The fourth-order valence-electron chi connectivity index (χ4n) is 3.71. The molecule has 0 spiro atoms. The van der Waals surface area contributed by atoms with E-state index >= 15 is 0 Å². The number of ether oxygens (including phenoxy) is 1. The van der Waals surface area contributed by atoms with Crippen molar-refractivity contribution >= 4 is 22.5 Å². The largest absolute Gasteiger partial charge is 0.368 e. The summed E-state index contributed by atoms with van der Waals surface area (Å²) in [7, 11) is 0. The molecule has 1 saturated heterocycles. The molecule has 7 nitrogen and oxygen atoms in total. The maximum Gasteiger partial charge on any atom is 0.254 e. The van der Waals surface area contributed by atoms with Crippen LogP contribution in [0.15, 0.2) is 54.9 Å². The Morgan fingerprint density at radius 2 is 2.00 bits per heavy atom. The van der Waals surface area contributed by atoms with Crippen molar-refractivity contribution in [3.05, 3.63) is 71.8 Å². The lowest BCUT2D eigenvalue weighted by Gasteiger charge is -2.33. The minimum absolute atomic E-state index is 0.0136. The van der Waals surface area contributed by atoms with Gasteiger partial charge in [0.25, 0.3) is 11.7 Å². The Hall–Kier alpha value is -3.32. The highest BCUT2D eigenvalue weighted by atomic mass is 16.5. The lowest BCUT2D eigenvalue weighted by atomic mass is 10.1. The maximum absolute atomic E-state index is 13.1. The second kappa shape index (κ2) is 6.69. The van der Waals surface area contributed by atoms with Gasteiger partial charge >= 0.3 is 0 Å². The van der Waals surface area contributed by atoms with E-state index in [1.807, 2.05) is 60.4 Å². The molecule has 4 aromatic rings. The second-order valence-electron chi connectivity index (χ2n) is 6.97. The third-order valence-corrected chi connectivity index (χ3v) is 5.09. The van der Waals surface area contributed by atoms with E-state index in [1.54, 1.807) is 4.52 Å². The van der Waals surface area contributed by atoms with Crippen molar-refractivity contribution in [3.8, 4) is 0 Å². The summed E-state index contributed by atoms with van der Waals surface area (Å²) in [5.74, 6) is 0.552. The van der Waals surface area contributed by atoms with Crippen molar-refractivity contribution < 1.29 is 9.53 Å². The number of hydrogen-bond donors (Lipinski definition) is 0. The lowest BCUT2D eigenvalue weighted by Crippen LogP contribution is -2.42. The van der Waals surface area contributed by atoms with Crippen molar-refractivity contribution in [2.75, 3.05) is 19.7 Å². The summed E-state index contributed by atoms with van der Waals surface area (Å²) < 4.78 is 7.65. The van der Waals surface area contributed by atoms with E-state index in [0.717, 1.165) is 22.2 Å². The van der Waals surface area contributed by atoms with Gasteiger partial charge in [-0.3, -0.25) is 4.79 Å². The van der Waals surface area contributed by atoms with Gasteiger partial charge in [0, 0.05) is 17.8 Å². The molecule has 7 heteroatoms. The molecule has 5 rings (SSSR count). The molecule has 1 aliphatic rings. The maximum atomic E-state index is 13.1. The number of carbonyl (C=O) groups excluding carboxylic acids is 1. The first-order chi connectivity index (χ1) is 13.7. The van der Waals surface area contributed by atoms with Crippen LogP contribution < -0.4 is 0 Å². The van der Waals surface area contributed by atoms with Crippen LogP contribution in [0, 0.1) is 6.92 Å². The highest BCUT2D eigenvalue weighted by molar-refractivity contribution is 5.98. The molecule has 0 saturated carbocycles. The van der Waals surface area contributed by atoms with Crippen molar-refractivity contribution in [2.24, 2.45) is 0 Å². The van der Waals surface area contributed by atoms with Gasteiger partial charge in [0.1, 0.15) is 12.4 Å². The van der Waals surface area contributed by atoms with E-state index < -0.39 is 0 Å². The van der Waals surface area contributed by atoms with Crippen LogP contribution in [-0.4, -0.2) is 50.1 Å². The average molecular weight is 373 g/mol. The van der Waals surface area contributed by atoms with Crippen molar-refractivity contribution in [2.45, 2.75) is 13.0 Å². The number of carbonyl (C=O) groups is 1. The highest BCUT2D eigenvalue weighted by Gasteiger charge is 2.28. The van der Waals surface area contributed by atoms with Crippen LogP contribution in [0.2, 0.25) is 0 Å². The summed E-state index contributed by atoms with van der Waals surface area (Å²) in [6.45, 7) is 3.41. The van der Waals surface area contributed by atoms with Crippen molar-refractivity contribution in [1.82, 2.24) is 24.5 Å². The lowest BCUT2D eigenvalue weighted by molar-refractivity contribution is -0.0257. The van der Waals surface area contributed by atoms with Gasteiger partial charge in [0.15, 0.2) is 0 Å². The van der Waals surface area contributed by atoms with Crippen molar-refractivity contribution in [3.63, 3.8) is 0 Å². The molecule has 0 radical (unpaired) electrons. The van der Waals surface area contributed by atoms with E-state index in [-0.39, 0.29) is 12.0 Å². The molecule has 2 aromatic carbocycles. The number of aromatic nitrogens is 4. The van der Waals surface area contributed by atoms with Gasteiger partial charge in [-0.25, -0.2) is 4.98 Å². The first-order valence-electron chi connectivity index (χ1n) is 9.26. The third-order valence-electron chi connectivity index (χ3n) is 5.09. The Morgan fingerprint density at radius 3 is 2.89 bits per heavy atom. The molecule has 0 N–H and O–H groups in total. The van der Waals surface area contributed by atoms with Crippen LogP contribution in [0.3, 0.4) is 0 Å². The normalized spacial score (nSPS) is 17.3. The Morgan fingerprint density at radius 1 is 1.14 bits per heavy atom. The van der Waals surface area contributed by atoms with E-state index in [1.165, 1.54) is 6.33 Å². The quantitative estimate of drug-likeness (QED) is 0.540. The summed E-state index contributed by atoms with van der Waals surface area (Å²) in [6, 6.07) is 15.8. The van der Waals surface area contributed by atoms with Crippen LogP contribution in [0.25, 0.3) is 16.6 Å². The molecule has 1 amide bonds. The smallest absolute Gasteiger partial charge is 0.254 e. The zero-order chi connectivity index (χ0) is 19.1. The fourth-order valence-corrected chi connectivity index (χ4v) is 3.71. The van der Waals surface area contributed by atoms with Gasteiger partial charge in [-0.05, 0) is 35.9 Å². The van der Waals surface area contributed by atoms with E-state index in [4.69, 9.17) is 4.74 Å². The number of benzene rings is 2. The topological polar surface area (TPSA) is 72.6 Å². The van der Waals surface area contributed by atoms with Gasteiger partial charge in [0.2, 0.25) is 0 Å². The van der Waals surface area contributed by atoms with Crippen LogP contribution >= 0.6 is 0 Å². The Bertz CT molecular complexity index is 1190. The summed E-state index contributed by atoms with van der Waals surface area (Å²) in [6.07, 6.45) is 1.20. The molecule has 1 atom stereocenters. The fraction of sp³-hybridized carbons (Fsp3) is 0.238. The standard InChI is InChI=1S/C21H19N5O2/c1-14-10-18(26-21(24-14)22-13-23-26)19-12-25(8-9-28-19)20(27)17-7-6-15-4-2-3-5-16(15)11-17/h2-7,10-11,13,19H,8-9,12H2,1H3/t19-/m0/s1. The molecule has 0 bridgehead atoms. The summed E-state index contributed by atoms with van der Waals surface area (Å²) in [5, 5.41) is 6.44. The Balaban J connectivity index is 1.44. The number of nitrogens with zero attached hydrogens (tertiary/aromatic N) is 5. The number of rotatable bonds is 2. The van der Waals surface area contributed by atoms with Crippen LogP contribution in [0.4, 0.5) is 0 Å². The van der Waals surface area contributed by atoms with E-state index in [0.29, 0.717) is 31.0 Å². The summed E-state index contributed by atoms with van der Waals surface area (Å²) in [5.41, 5.74) is 2.39. The van der Waals surface area contributed by atoms with Gasteiger partial charge in [-0.2, -0.15) is 14.6 Å². The molecular formula is C21H19N5O2. The number of amides is 1. The average Bonchev–Trinajstić information content (AvgIpc) is 3.20. The third kappa shape index (κ3) is 2.90. The first kappa shape index (κ1) is 16.8. The molecule has 28 heavy (non-hydrogen) atoms. The zero-order valence-corrected chi connectivity index (χ0v) is 15.4. The van der Waals surface area contributed by atoms with E-state index in [9.17, 15) is 4.79 Å². The molecule has 2 aromatic heterocycles. The Kier molecular flexibility index (Phi) is 4.02. The molecule has 3 heterocycles. The van der Waals surface area contributed by atoms with Gasteiger partial charge in [0.05, 0.1) is 18.8 Å². The van der Waals surface area contributed by atoms with Crippen LogP contribution in [-0.2, 0) is 4.74 Å². The van der Waals surface area contributed by atoms with Crippen LogP contribution in [0.1, 0.15) is 27.8 Å². The van der Waals surface area contributed by atoms with Crippen molar-refractivity contribution in [1.29, 1.82) is 0 Å². The molecule has 1 aliphatic heterocycles. The number of aryl methyl sites for hydroxylation is 1. The summed E-state index contributed by atoms with van der Waals surface area (Å²) in [4.78, 5) is 23.5. The monoisotopic (exact) mass is 373 g/mol. The molecule has 140 valence electrons. The number of morpholine rings is 1. The summed E-state index contributed by atoms with van der Waals surface area (Å²) >= 11 is 0. The molecule has 1 fully saturated rings. The molecule has 0 unspecified atom stereocenters. The van der Waals surface area contributed by atoms with Crippen LogP contribution in [0.5, 0.6) is 0 Å². The van der Waals surface area contributed by atoms with E-state index in [2.05, 4.69) is 15.1 Å². The minimum atomic E-state index is -0.274.